The third-order valence-corrected chi connectivity index (χ3v) is 5.28. The number of benzene rings is 1. The van der Waals surface area contributed by atoms with Gasteiger partial charge in [-0.3, -0.25) is 14.3 Å². The zero-order chi connectivity index (χ0) is 22.1. The molecule has 3 heterocycles. The molecule has 2 aromatic heterocycles. The van der Waals surface area contributed by atoms with Gasteiger partial charge >= 0.3 is 0 Å². The van der Waals surface area contributed by atoms with Crippen LogP contribution < -0.4 is 0 Å². The van der Waals surface area contributed by atoms with Crippen molar-refractivity contribution in [2.24, 2.45) is 11.8 Å². The molecule has 4 rings (SSSR count). The zero-order valence-corrected chi connectivity index (χ0v) is 18.9. The first-order chi connectivity index (χ1) is 14.8. The molecule has 0 unspecified atom stereocenters. The predicted octanol–water partition coefficient (Wildman–Crippen LogP) is 3.62. The Morgan fingerprint density at radius 3 is 2.55 bits per heavy atom. The average Bonchev–Trinajstić information content (AvgIpc) is 3.30. The molecule has 0 radical (unpaired) electrons. The summed E-state index contributed by atoms with van der Waals surface area (Å²) >= 11 is 0. The van der Waals surface area contributed by atoms with Gasteiger partial charge in [0.25, 0.3) is 5.91 Å². The maximum atomic E-state index is 12.8. The highest BCUT2D eigenvalue weighted by Gasteiger charge is 2.28. The van der Waals surface area contributed by atoms with Gasteiger partial charge in [-0.2, -0.15) is 4.98 Å². The molecule has 0 saturated heterocycles. The number of aromatic nitrogens is 4. The Morgan fingerprint density at radius 1 is 1.13 bits per heavy atom. The number of carbonyl (C=O) groups is 1. The highest BCUT2D eigenvalue weighted by Crippen LogP contribution is 2.29. The molecule has 1 aliphatic heterocycles. The van der Waals surface area contributed by atoms with E-state index in [0.717, 1.165) is 24.5 Å². The lowest BCUT2D eigenvalue weighted by molar-refractivity contribution is 0.0788. The molecule has 8 heteroatoms. The van der Waals surface area contributed by atoms with E-state index in [-0.39, 0.29) is 5.91 Å². The molecule has 1 aliphatic rings. The second-order valence-electron chi connectivity index (χ2n) is 9.08. The molecule has 0 fully saturated rings. The molecular formula is C23H30N6O2. The quantitative estimate of drug-likeness (QED) is 0.579. The summed E-state index contributed by atoms with van der Waals surface area (Å²) < 4.78 is 7.54. The Balaban J connectivity index is 1.64. The number of carbonyl (C=O) groups excluding carboxylic acids is 1. The van der Waals surface area contributed by atoms with E-state index in [9.17, 15) is 4.79 Å². The lowest BCUT2D eigenvalue weighted by atomic mass is 10.1. The third kappa shape index (κ3) is 4.39. The Kier molecular flexibility index (Phi) is 5.91. The maximum absolute atomic E-state index is 12.8. The van der Waals surface area contributed by atoms with Crippen molar-refractivity contribution < 1.29 is 9.32 Å². The van der Waals surface area contributed by atoms with Crippen LogP contribution in [0.15, 0.2) is 35.1 Å². The number of para-hydroxylation sites is 1. The van der Waals surface area contributed by atoms with Crippen LogP contribution in [-0.4, -0.2) is 55.5 Å². The first-order valence-corrected chi connectivity index (χ1v) is 10.8. The van der Waals surface area contributed by atoms with Crippen molar-refractivity contribution in [3.05, 3.63) is 47.7 Å². The fraction of sp³-hybridized carbons (Fsp3) is 0.478. The van der Waals surface area contributed by atoms with Gasteiger partial charge in [0.15, 0.2) is 0 Å². The summed E-state index contributed by atoms with van der Waals surface area (Å²) in [7, 11) is 1.79. The van der Waals surface area contributed by atoms with Crippen LogP contribution >= 0.6 is 0 Å². The van der Waals surface area contributed by atoms with Crippen LogP contribution in [0.25, 0.3) is 17.2 Å². The van der Waals surface area contributed by atoms with Crippen molar-refractivity contribution in [3.63, 3.8) is 0 Å². The Bertz CT molecular complexity index is 1060. The van der Waals surface area contributed by atoms with Crippen molar-refractivity contribution in [1.29, 1.82) is 0 Å². The van der Waals surface area contributed by atoms with Crippen molar-refractivity contribution >= 4 is 5.91 Å². The number of rotatable bonds is 7. The lowest BCUT2D eigenvalue weighted by Crippen LogP contribution is -2.31. The monoisotopic (exact) mass is 422 g/mol. The number of amides is 1. The van der Waals surface area contributed by atoms with E-state index >= 15 is 0 Å². The van der Waals surface area contributed by atoms with Gasteiger partial charge in [0.1, 0.15) is 12.0 Å². The van der Waals surface area contributed by atoms with Gasteiger partial charge in [-0.15, -0.1) is 0 Å². The highest BCUT2D eigenvalue weighted by atomic mass is 16.5. The summed E-state index contributed by atoms with van der Waals surface area (Å²) in [5, 5.41) is 4.22. The molecule has 8 nitrogen and oxygen atoms in total. The Hall–Kier alpha value is -3.00. The van der Waals surface area contributed by atoms with Gasteiger partial charge in [-0.05, 0) is 24.0 Å². The number of imidazole rings is 1. The standard InChI is InChI=1S/C23H30N6O2/c1-15(2)10-28(11-16(3)4)13-20-25-22(26-31-20)21-19-12-27(5)23(30)17-8-6-7-9-18(17)29(19)14-24-21/h6-9,14-16H,10-13H2,1-5H3. The van der Waals surface area contributed by atoms with E-state index < -0.39 is 0 Å². The lowest BCUT2D eigenvalue weighted by Gasteiger charge is -2.24. The minimum atomic E-state index is -0.0166. The van der Waals surface area contributed by atoms with Crippen LogP contribution in [0.5, 0.6) is 0 Å². The SMILES string of the molecule is CC(C)CN(Cc1nc(-c2ncn3c2CN(C)C(=O)c2ccccc2-3)no1)CC(C)C. The van der Waals surface area contributed by atoms with Crippen LogP contribution in [0.3, 0.4) is 0 Å². The molecule has 1 aromatic carbocycles. The minimum Gasteiger partial charge on any atom is -0.337 e. The van der Waals surface area contributed by atoms with E-state index in [1.165, 1.54) is 0 Å². The second kappa shape index (κ2) is 8.63. The summed E-state index contributed by atoms with van der Waals surface area (Å²) in [4.78, 5) is 26.1. The predicted molar refractivity (Wildman–Crippen MR) is 118 cm³/mol. The molecule has 3 aromatic rings. The molecule has 0 aliphatic carbocycles. The van der Waals surface area contributed by atoms with E-state index in [0.29, 0.717) is 47.9 Å². The van der Waals surface area contributed by atoms with E-state index in [4.69, 9.17) is 4.52 Å². The van der Waals surface area contributed by atoms with Gasteiger partial charge in [0.05, 0.1) is 30.0 Å². The van der Waals surface area contributed by atoms with Crippen molar-refractivity contribution in [2.75, 3.05) is 20.1 Å². The summed E-state index contributed by atoms with van der Waals surface area (Å²) in [5.41, 5.74) is 2.98. The van der Waals surface area contributed by atoms with Crippen molar-refractivity contribution in [2.45, 2.75) is 40.8 Å². The Morgan fingerprint density at radius 2 is 1.84 bits per heavy atom. The molecule has 1 amide bonds. The van der Waals surface area contributed by atoms with Crippen molar-refractivity contribution in [3.8, 4) is 17.2 Å². The topological polar surface area (TPSA) is 80.3 Å². The van der Waals surface area contributed by atoms with Gasteiger partial charge in [-0.25, -0.2) is 4.98 Å². The molecular weight excluding hydrogens is 392 g/mol. The first-order valence-electron chi connectivity index (χ1n) is 10.8. The Labute approximate surface area is 182 Å². The molecule has 164 valence electrons. The van der Waals surface area contributed by atoms with Crippen LogP contribution in [0.1, 0.15) is 49.6 Å². The van der Waals surface area contributed by atoms with Gasteiger partial charge < -0.3 is 9.42 Å². The van der Waals surface area contributed by atoms with Gasteiger partial charge in [-0.1, -0.05) is 45.0 Å². The second-order valence-corrected chi connectivity index (χ2v) is 9.08. The molecule has 0 atom stereocenters. The van der Waals surface area contributed by atoms with Crippen LogP contribution in [-0.2, 0) is 13.1 Å². The fourth-order valence-electron chi connectivity index (χ4n) is 4.13. The summed E-state index contributed by atoms with van der Waals surface area (Å²) in [6, 6.07) is 7.57. The average molecular weight is 423 g/mol. The van der Waals surface area contributed by atoms with Crippen LogP contribution in [0, 0.1) is 11.8 Å². The third-order valence-electron chi connectivity index (χ3n) is 5.28. The van der Waals surface area contributed by atoms with E-state index in [1.807, 2.05) is 28.8 Å². The summed E-state index contributed by atoms with van der Waals surface area (Å²) in [6.07, 6.45) is 1.73. The van der Waals surface area contributed by atoms with E-state index in [2.05, 4.69) is 47.7 Å². The van der Waals surface area contributed by atoms with Crippen molar-refractivity contribution in [1.82, 2.24) is 29.5 Å². The van der Waals surface area contributed by atoms with Gasteiger partial charge in [0, 0.05) is 20.1 Å². The zero-order valence-electron chi connectivity index (χ0n) is 18.9. The molecule has 31 heavy (non-hydrogen) atoms. The molecule has 0 N–H and O–H groups in total. The van der Waals surface area contributed by atoms with Crippen LogP contribution in [0.2, 0.25) is 0 Å². The number of hydrogen-bond donors (Lipinski definition) is 0. The van der Waals surface area contributed by atoms with Gasteiger partial charge in [0.2, 0.25) is 11.7 Å². The number of fused-ring (bicyclic) bond motifs is 3. The van der Waals surface area contributed by atoms with E-state index in [1.54, 1.807) is 18.3 Å². The smallest absolute Gasteiger partial charge is 0.256 e. The summed E-state index contributed by atoms with van der Waals surface area (Å²) in [5.74, 6) is 2.13. The molecule has 0 spiro atoms. The summed E-state index contributed by atoms with van der Waals surface area (Å²) in [6.45, 7) is 11.8. The van der Waals surface area contributed by atoms with Crippen LogP contribution in [0.4, 0.5) is 0 Å². The fourth-order valence-corrected chi connectivity index (χ4v) is 4.13. The normalized spacial score (nSPS) is 13.8. The number of nitrogens with zero attached hydrogens (tertiary/aromatic N) is 6. The first kappa shape index (κ1) is 21.2. The highest BCUT2D eigenvalue weighted by molar-refractivity contribution is 5.98. The maximum Gasteiger partial charge on any atom is 0.256 e. The molecule has 0 saturated carbocycles. The molecule has 0 bridgehead atoms. The largest absolute Gasteiger partial charge is 0.337 e. The number of hydrogen-bond acceptors (Lipinski definition) is 6. The minimum absolute atomic E-state index is 0.0166.